The Labute approximate surface area is 134 Å². The van der Waals surface area contributed by atoms with Gasteiger partial charge in [0.1, 0.15) is 9.84 Å². The van der Waals surface area contributed by atoms with Gasteiger partial charge in [0.25, 0.3) is 0 Å². The van der Waals surface area contributed by atoms with E-state index in [0.29, 0.717) is 12.8 Å². The fraction of sp³-hybridized carbons (Fsp3) is 0.917. The van der Waals surface area contributed by atoms with E-state index < -0.39 is 40.9 Å². The number of esters is 1. The van der Waals surface area contributed by atoms with Crippen molar-refractivity contribution in [3.63, 3.8) is 0 Å². The zero-order valence-electron chi connectivity index (χ0n) is 12.3. The lowest BCUT2D eigenvalue weighted by atomic mass is 10.00. The Morgan fingerprint density at radius 1 is 1.08 bits per heavy atom. The number of ether oxygens (including phenoxy) is 2. The predicted molar refractivity (Wildman–Crippen MR) is 68.8 cm³/mol. The predicted octanol–water partition coefficient (Wildman–Crippen LogP) is 2.25. The lowest BCUT2D eigenvalue weighted by Gasteiger charge is -2.23. The van der Waals surface area contributed by atoms with E-state index in [2.05, 4.69) is 9.47 Å². The summed E-state index contributed by atoms with van der Waals surface area (Å²) in [5, 5.41) is 0. The quantitative estimate of drug-likeness (QED) is 0.398. The number of halogens is 6. The zero-order chi connectivity index (χ0) is 18.6. The Balaban J connectivity index is 2.39. The maximum Gasteiger partial charge on any atom is 0.490 e. The van der Waals surface area contributed by atoms with Crippen molar-refractivity contribution in [2.24, 2.45) is 5.92 Å². The third-order valence-electron chi connectivity index (χ3n) is 3.46. The third kappa shape index (κ3) is 7.24. The summed E-state index contributed by atoms with van der Waals surface area (Å²) in [5.41, 5.74) is 0. The molecule has 1 rings (SSSR count). The number of carbonyl (C=O) groups is 1. The van der Waals surface area contributed by atoms with Crippen LogP contribution in [0.1, 0.15) is 19.3 Å². The lowest BCUT2D eigenvalue weighted by molar-refractivity contribution is -0.253. The number of rotatable bonds is 6. The molecule has 0 bridgehead atoms. The van der Waals surface area contributed by atoms with Gasteiger partial charge in [0.15, 0.2) is 0 Å². The minimum atomic E-state index is -5.53. The Morgan fingerprint density at radius 2 is 1.62 bits per heavy atom. The van der Waals surface area contributed by atoms with Gasteiger partial charge < -0.3 is 9.47 Å². The van der Waals surface area contributed by atoms with E-state index in [1.54, 1.807) is 0 Å². The highest BCUT2D eigenvalue weighted by Gasteiger charge is 2.49. The minimum absolute atomic E-state index is 0.00790. The average molecular weight is 386 g/mol. The molecule has 1 aliphatic heterocycles. The Bertz CT molecular complexity index is 513. The molecule has 1 unspecified atom stereocenters. The summed E-state index contributed by atoms with van der Waals surface area (Å²) in [6.45, 7) is -1.46. The van der Waals surface area contributed by atoms with Crippen LogP contribution in [-0.2, 0) is 24.1 Å². The van der Waals surface area contributed by atoms with Crippen molar-refractivity contribution in [2.45, 2.75) is 37.7 Å². The Kier molecular flexibility index (Phi) is 6.91. The van der Waals surface area contributed by atoms with Crippen molar-refractivity contribution >= 4 is 15.8 Å². The highest BCUT2D eigenvalue weighted by atomic mass is 32.2. The molecule has 1 heterocycles. The van der Waals surface area contributed by atoms with Gasteiger partial charge in [0.2, 0.25) is 6.10 Å². The summed E-state index contributed by atoms with van der Waals surface area (Å²) < 4.78 is 104. The van der Waals surface area contributed by atoms with Gasteiger partial charge in [-0.2, -0.15) is 26.3 Å². The van der Waals surface area contributed by atoms with Crippen LogP contribution >= 0.6 is 0 Å². The first kappa shape index (κ1) is 21.0. The van der Waals surface area contributed by atoms with E-state index in [0.717, 1.165) is 0 Å². The maximum atomic E-state index is 12.5. The average Bonchev–Trinajstić information content (AvgIpc) is 2.41. The molecule has 1 saturated heterocycles. The van der Waals surface area contributed by atoms with Crippen LogP contribution in [0.15, 0.2) is 0 Å². The fourth-order valence-corrected chi connectivity index (χ4v) is 3.65. The molecular weight excluding hydrogens is 370 g/mol. The van der Waals surface area contributed by atoms with Crippen LogP contribution in [0.3, 0.4) is 0 Å². The Hall–Kier alpha value is -1.04. The van der Waals surface area contributed by atoms with E-state index in [-0.39, 0.29) is 30.5 Å². The molecule has 0 radical (unpaired) electrons. The molecular formula is C12H16F6O5S. The number of hydrogen-bond donors (Lipinski definition) is 0. The minimum Gasteiger partial charge on any atom is -0.444 e. The summed E-state index contributed by atoms with van der Waals surface area (Å²) >= 11 is 0. The molecule has 5 nitrogen and oxygen atoms in total. The molecule has 12 heteroatoms. The number of hydrogen-bond acceptors (Lipinski definition) is 5. The second kappa shape index (κ2) is 7.89. The number of carbonyl (C=O) groups excluding carboxylic acids is 1. The van der Waals surface area contributed by atoms with Crippen LogP contribution in [-0.4, -0.2) is 57.6 Å². The van der Waals surface area contributed by atoms with Crippen molar-refractivity contribution in [1.82, 2.24) is 0 Å². The first-order valence-corrected chi connectivity index (χ1v) is 8.76. The molecule has 142 valence electrons. The van der Waals surface area contributed by atoms with Crippen LogP contribution in [0.5, 0.6) is 0 Å². The van der Waals surface area contributed by atoms with E-state index in [1.807, 2.05) is 0 Å². The summed E-state index contributed by atoms with van der Waals surface area (Å²) in [7, 11) is -3.06. The normalized spacial score (nSPS) is 20.6. The molecule has 24 heavy (non-hydrogen) atoms. The van der Waals surface area contributed by atoms with Crippen LogP contribution in [0.4, 0.5) is 26.3 Å². The van der Waals surface area contributed by atoms with Gasteiger partial charge in [0, 0.05) is 6.61 Å². The van der Waals surface area contributed by atoms with E-state index in [4.69, 9.17) is 0 Å². The van der Waals surface area contributed by atoms with Crippen molar-refractivity contribution in [1.29, 1.82) is 0 Å². The second-order valence-electron chi connectivity index (χ2n) is 5.39. The summed E-state index contributed by atoms with van der Waals surface area (Å²) in [4.78, 5) is 10.5. The van der Waals surface area contributed by atoms with Gasteiger partial charge in [-0.1, -0.05) is 0 Å². The SMILES string of the molecule is O=C(OC(COCCC1CCS(=O)(=O)CC1)C(F)(F)F)C(F)(F)F. The van der Waals surface area contributed by atoms with Gasteiger partial charge in [-0.3, -0.25) is 0 Å². The highest BCUT2D eigenvalue weighted by molar-refractivity contribution is 7.91. The lowest BCUT2D eigenvalue weighted by Crippen LogP contribution is -2.41. The van der Waals surface area contributed by atoms with Gasteiger partial charge in [0.05, 0.1) is 18.1 Å². The fourth-order valence-electron chi connectivity index (χ4n) is 2.06. The Morgan fingerprint density at radius 3 is 2.08 bits per heavy atom. The summed E-state index contributed by atoms with van der Waals surface area (Å²) in [6, 6.07) is 0. The number of sulfone groups is 1. The number of alkyl halides is 6. The largest absolute Gasteiger partial charge is 0.490 e. The zero-order valence-corrected chi connectivity index (χ0v) is 13.1. The molecule has 0 N–H and O–H groups in total. The van der Waals surface area contributed by atoms with Crippen LogP contribution in [0.2, 0.25) is 0 Å². The van der Waals surface area contributed by atoms with Crippen molar-refractivity contribution in [2.75, 3.05) is 24.7 Å². The standard InChI is InChI=1S/C12H16F6O5S/c13-11(14,15)9(23-10(19)12(16,17)18)7-22-4-1-8-2-5-24(20,21)6-3-8/h8-9H,1-7H2. The highest BCUT2D eigenvalue weighted by Crippen LogP contribution is 2.27. The van der Waals surface area contributed by atoms with E-state index >= 15 is 0 Å². The smallest absolute Gasteiger partial charge is 0.444 e. The van der Waals surface area contributed by atoms with Crippen molar-refractivity contribution in [3.8, 4) is 0 Å². The molecule has 0 aromatic rings. The van der Waals surface area contributed by atoms with Gasteiger partial charge in [-0.25, -0.2) is 13.2 Å². The third-order valence-corrected chi connectivity index (χ3v) is 5.18. The topological polar surface area (TPSA) is 69.7 Å². The summed E-state index contributed by atoms with van der Waals surface area (Å²) in [6.07, 6.45) is -12.8. The monoisotopic (exact) mass is 386 g/mol. The first-order valence-electron chi connectivity index (χ1n) is 6.94. The molecule has 1 aliphatic rings. The van der Waals surface area contributed by atoms with Crippen LogP contribution in [0.25, 0.3) is 0 Å². The van der Waals surface area contributed by atoms with E-state index in [9.17, 15) is 39.6 Å². The molecule has 0 spiro atoms. The molecule has 0 amide bonds. The molecule has 0 aromatic heterocycles. The van der Waals surface area contributed by atoms with Crippen molar-refractivity contribution < 1.29 is 49.0 Å². The molecule has 0 saturated carbocycles. The molecule has 0 aliphatic carbocycles. The molecule has 1 fully saturated rings. The molecule has 0 aromatic carbocycles. The summed E-state index contributed by atoms with van der Waals surface area (Å²) in [5.74, 6) is -3.00. The first-order chi connectivity index (χ1) is 10.8. The second-order valence-corrected chi connectivity index (χ2v) is 7.70. The van der Waals surface area contributed by atoms with Gasteiger partial charge >= 0.3 is 18.3 Å². The van der Waals surface area contributed by atoms with Crippen LogP contribution in [0, 0.1) is 5.92 Å². The van der Waals surface area contributed by atoms with Crippen molar-refractivity contribution in [3.05, 3.63) is 0 Å². The molecule has 1 atom stereocenters. The maximum absolute atomic E-state index is 12.5. The van der Waals surface area contributed by atoms with Gasteiger partial charge in [-0.15, -0.1) is 0 Å². The van der Waals surface area contributed by atoms with E-state index in [1.165, 1.54) is 0 Å². The van der Waals surface area contributed by atoms with Crippen LogP contribution < -0.4 is 0 Å². The van der Waals surface area contributed by atoms with Gasteiger partial charge in [-0.05, 0) is 25.2 Å².